The Kier molecular flexibility index (Phi) is 4.76. The lowest BCUT2D eigenvalue weighted by atomic mass is 9.82. The van der Waals surface area contributed by atoms with E-state index < -0.39 is 0 Å². The van der Waals surface area contributed by atoms with E-state index in [9.17, 15) is 0 Å². The van der Waals surface area contributed by atoms with Gasteiger partial charge in [-0.3, -0.25) is 0 Å². The second kappa shape index (κ2) is 6.15. The van der Waals surface area contributed by atoms with Gasteiger partial charge in [0, 0.05) is 0 Å². The summed E-state index contributed by atoms with van der Waals surface area (Å²) in [7, 11) is 0. The molecule has 2 rings (SSSR count). The Morgan fingerprint density at radius 2 is 0.957 bits per heavy atom. The van der Waals surface area contributed by atoms with Gasteiger partial charge in [-0.2, -0.15) is 0 Å². The van der Waals surface area contributed by atoms with Crippen LogP contribution in [0.1, 0.15) is 74.9 Å². The quantitative estimate of drug-likeness (QED) is 0.595. The van der Waals surface area contributed by atoms with Gasteiger partial charge in [-0.05, 0) is 64.5 Å². The van der Waals surface area contributed by atoms with Crippen LogP contribution >= 0.6 is 0 Å². The fourth-order valence-corrected chi connectivity index (χ4v) is 2.86. The summed E-state index contributed by atoms with van der Waals surface area (Å²) in [6.45, 7) is 18.2. The third-order valence-electron chi connectivity index (χ3n) is 4.81. The van der Waals surface area contributed by atoms with Crippen molar-refractivity contribution in [2.45, 2.75) is 72.6 Å². The fourth-order valence-electron chi connectivity index (χ4n) is 2.86. The Bertz CT molecular complexity index is 629. The second-order valence-electron chi connectivity index (χ2n) is 8.96. The molecule has 124 valence electrons. The van der Waals surface area contributed by atoms with Gasteiger partial charge in [-0.25, -0.2) is 0 Å². The van der Waals surface area contributed by atoms with Crippen LogP contribution in [0.3, 0.4) is 0 Å². The van der Waals surface area contributed by atoms with Crippen molar-refractivity contribution < 1.29 is 0 Å². The van der Waals surface area contributed by atoms with Crippen LogP contribution in [0.25, 0.3) is 0 Å². The maximum atomic E-state index is 2.40. The van der Waals surface area contributed by atoms with Gasteiger partial charge in [0.2, 0.25) is 0 Å². The molecule has 0 heterocycles. The molecule has 0 unspecified atom stereocenters. The predicted molar refractivity (Wildman–Crippen MR) is 103 cm³/mol. The lowest BCUT2D eigenvalue weighted by molar-refractivity contribution is 0.588. The van der Waals surface area contributed by atoms with Crippen LogP contribution in [0.2, 0.25) is 0 Å². The minimum Gasteiger partial charge on any atom is -0.0587 e. The summed E-state index contributed by atoms with van der Waals surface area (Å²) >= 11 is 0. The third kappa shape index (κ3) is 4.25. The summed E-state index contributed by atoms with van der Waals surface area (Å²) < 4.78 is 0. The predicted octanol–water partition coefficient (Wildman–Crippen LogP) is 6.49. The zero-order valence-corrected chi connectivity index (χ0v) is 16.2. The molecule has 0 aliphatic heterocycles. The monoisotopic (exact) mass is 308 g/mol. The van der Waals surface area contributed by atoms with Crippen molar-refractivity contribution >= 4 is 0 Å². The molecule has 0 saturated carbocycles. The molecule has 0 amide bonds. The average Bonchev–Trinajstić information content (AvgIpc) is 2.41. The van der Waals surface area contributed by atoms with Gasteiger partial charge >= 0.3 is 0 Å². The Morgan fingerprint density at radius 1 is 0.609 bits per heavy atom. The van der Waals surface area contributed by atoms with Crippen LogP contribution < -0.4 is 0 Å². The topological polar surface area (TPSA) is 0 Å². The molecule has 0 atom stereocenters. The average molecular weight is 309 g/mol. The van der Waals surface area contributed by atoms with E-state index in [1.807, 2.05) is 0 Å². The van der Waals surface area contributed by atoms with E-state index in [0.29, 0.717) is 0 Å². The maximum absolute atomic E-state index is 2.40. The molecular weight excluding hydrogens is 276 g/mol. The van der Waals surface area contributed by atoms with E-state index >= 15 is 0 Å². The zero-order chi connectivity index (χ0) is 17.4. The smallest absolute Gasteiger partial charge is 0.00203 e. The Labute approximate surface area is 143 Å². The van der Waals surface area contributed by atoms with Crippen LogP contribution in [0.15, 0.2) is 36.4 Å². The molecule has 0 radical (unpaired) electrons. The molecule has 0 heteroatoms. The number of hydrogen-bond acceptors (Lipinski definition) is 0. The molecule has 0 aromatic heterocycles. The van der Waals surface area contributed by atoms with Gasteiger partial charge in [0.05, 0.1) is 0 Å². The highest BCUT2D eigenvalue weighted by molar-refractivity contribution is 5.42. The summed E-state index contributed by atoms with van der Waals surface area (Å²) in [6, 6.07) is 13.9. The molecule has 0 aliphatic rings. The summed E-state index contributed by atoms with van der Waals surface area (Å²) in [5, 5.41) is 0. The van der Waals surface area contributed by atoms with Crippen molar-refractivity contribution in [2.24, 2.45) is 0 Å². The van der Waals surface area contributed by atoms with E-state index in [1.54, 1.807) is 0 Å². The van der Waals surface area contributed by atoms with Gasteiger partial charge in [0.25, 0.3) is 0 Å². The molecule has 0 aliphatic carbocycles. The van der Waals surface area contributed by atoms with Crippen molar-refractivity contribution in [2.75, 3.05) is 0 Å². The molecular formula is C23H32. The highest BCUT2D eigenvalue weighted by atomic mass is 14.2. The van der Waals surface area contributed by atoms with Gasteiger partial charge in [-0.15, -0.1) is 0 Å². The Balaban J connectivity index is 2.43. The van der Waals surface area contributed by atoms with Crippen molar-refractivity contribution in [1.29, 1.82) is 0 Å². The van der Waals surface area contributed by atoms with Crippen LogP contribution in [-0.4, -0.2) is 0 Å². The van der Waals surface area contributed by atoms with Crippen molar-refractivity contribution in [3.63, 3.8) is 0 Å². The maximum Gasteiger partial charge on any atom is -0.00203 e. The molecule has 0 nitrogen and oxygen atoms in total. The first-order chi connectivity index (χ1) is 10.5. The number of aryl methyl sites for hydroxylation is 2. The third-order valence-corrected chi connectivity index (χ3v) is 4.81. The normalized spacial score (nSPS) is 12.5. The van der Waals surface area contributed by atoms with Crippen LogP contribution in [0, 0.1) is 13.8 Å². The summed E-state index contributed by atoms with van der Waals surface area (Å²) in [5.41, 5.74) is 8.91. The van der Waals surface area contributed by atoms with E-state index in [-0.39, 0.29) is 10.8 Å². The molecule has 0 N–H and O–H groups in total. The second-order valence-corrected chi connectivity index (χ2v) is 8.96. The highest BCUT2D eigenvalue weighted by Gasteiger charge is 2.17. The van der Waals surface area contributed by atoms with E-state index in [2.05, 4.69) is 91.8 Å². The lowest BCUT2D eigenvalue weighted by Gasteiger charge is -2.23. The summed E-state index contributed by atoms with van der Waals surface area (Å²) in [5.74, 6) is 0. The number of hydrogen-bond donors (Lipinski definition) is 0. The molecule has 2 aromatic rings. The van der Waals surface area contributed by atoms with Crippen molar-refractivity contribution in [3.05, 3.63) is 69.8 Å². The lowest BCUT2D eigenvalue weighted by Crippen LogP contribution is -2.13. The van der Waals surface area contributed by atoms with Crippen LogP contribution in [-0.2, 0) is 17.3 Å². The first kappa shape index (κ1) is 17.8. The minimum absolute atomic E-state index is 0.199. The Morgan fingerprint density at radius 3 is 1.26 bits per heavy atom. The summed E-state index contributed by atoms with van der Waals surface area (Å²) in [6.07, 6.45) is 1.02. The van der Waals surface area contributed by atoms with Gasteiger partial charge in [-0.1, -0.05) is 77.9 Å². The van der Waals surface area contributed by atoms with Crippen molar-refractivity contribution in [1.82, 2.24) is 0 Å². The van der Waals surface area contributed by atoms with Gasteiger partial charge in [0.15, 0.2) is 0 Å². The van der Waals surface area contributed by atoms with E-state index in [4.69, 9.17) is 0 Å². The van der Waals surface area contributed by atoms with Crippen LogP contribution in [0.4, 0.5) is 0 Å². The van der Waals surface area contributed by atoms with Crippen LogP contribution in [0.5, 0.6) is 0 Å². The SMILES string of the molecule is Cc1ccc(C(C)(C)C)cc1Cc1cc(C(C)(C)C)ccc1C. The zero-order valence-electron chi connectivity index (χ0n) is 16.2. The summed E-state index contributed by atoms with van der Waals surface area (Å²) in [4.78, 5) is 0. The Hall–Kier alpha value is -1.56. The molecule has 23 heavy (non-hydrogen) atoms. The first-order valence-corrected chi connectivity index (χ1v) is 8.68. The molecule has 2 aromatic carbocycles. The fraction of sp³-hybridized carbons (Fsp3) is 0.478. The molecule has 0 saturated heterocycles. The standard InChI is InChI=1S/C23H32/c1-16-9-11-20(22(3,4)5)14-18(16)13-19-15-21(23(6,7)8)12-10-17(19)2/h9-12,14-15H,13H2,1-8H3. The molecule has 0 fully saturated rings. The number of rotatable bonds is 2. The number of benzene rings is 2. The van der Waals surface area contributed by atoms with Gasteiger partial charge < -0.3 is 0 Å². The molecule has 0 bridgehead atoms. The van der Waals surface area contributed by atoms with E-state index in [1.165, 1.54) is 33.4 Å². The first-order valence-electron chi connectivity index (χ1n) is 8.68. The van der Waals surface area contributed by atoms with Crippen molar-refractivity contribution in [3.8, 4) is 0 Å². The molecule has 0 spiro atoms. The largest absolute Gasteiger partial charge is 0.0587 e. The van der Waals surface area contributed by atoms with Gasteiger partial charge in [0.1, 0.15) is 0 Å². The van der Waals surface area contributed by atoms with E-state index in [0.717, 1.165) is 6.42 Å². The minimum atomic E-state index is 0.199. The highest BCUT2D eigenvalue weighted by Crippen LogP contribution is 2.28.